The third-order valence-electron chi connectivity index (χ3n) is 6.01. The fourth-order valence-electron chi connectivity index (χ4n) is 4.19. The number of aryl methyl sites for hydroxylation is 1. The summed E-state index contributed by atoms with van der Waals surface area (Å²) in [4.78, 5) is 26.6. The molecule has 2 aliphatic rings. The van der Waals surface area contributed by atoms with Crippen molar-refractivity contribution in [3.05, 3.63) is 29.3 Å². The lowest BCUT2D eigenvalue weighted by molar-refractivity contribution is -0.126. The lowest BCUT2D eigenvalue weighted by Gasteiger charge is -2.33. The minimum absolute atomic E-state index is 0.0276. The van der Waals surface area contributed by atoms with Gasteiger partial charge in [-0.3, -0.25) is 4.79 Å². The van der Waals surface area contributed by atoms with Crippen molar-refractivity contribution in [1.82, 2.24) is 10.2 Å². The Morgan fingerprint density at radius 2 is 1.96 bits per heavy atom. The molecule has 154 valence electrons. The quantitative estimate of drug-likeness (QED) is 0.823. The Morgan fingerprint density at radius 1 is 1.21 bits per heavy atom. The van der Waals surface area contributed by atoms with E-state index in [0.717, 1.165) is 30.4 Å². The summed E-state index contributed by atoms with van der Waals surface area (Å²) >= 11 is 0. The lowest BCUT2D eigenvalue weighted by atomic mass is 9.89. The second-order valence-corrected chi connectivity index (χ2v) is 8.38. The zero-order chi connectivity index (χ0) is 20.1. The molecule has 0 aromatic heterocycles. The number of ether oxygens (including phenoxy) is 1. The largest absolute Gasteiger partial charge is 0.508 e. The number of hydrogen-bond donors (Lipinski definition) is 2. The number of phenolic OH excluding ortho intramolecular Hbond substituents is 1. The van der Waals surface area contributed by atoms with Gasteiger partial charge in [-0.05, 0) is 62.1 Å². The lowest BCUT2D eigenvalue weighted by Crippen LogP contribution is -2.44. The molecule has 0 radical (unpaired) electrons. The summed E-state index contributed by atoms with van der Waals surface area (Å²) < 4.78 is 5.69. The Kier molecular flexibility index (Phi) is 6.81. The van der Waals surface area contributed by atoms with Crippen molar-refractivity contribution < 1.29 is 19.4 Å². The molecule has 2 atom stereocenters. The van der Waals surface area contributed by atoms with Gasteiger partial charge < -0.3 is 20.1 Å². The molecule has 0 spiro atoms. The molecule has 2 N–H and O–H groups in total. The minimum atomic E-state index is -0.225. The monoisotopic (exact) mass is 388 g/mol. The summed E-state index contributed by atoms with van der Waals surface area (Å²) in [6.07, 6.45) is 5.42. The van der Waals surface area contributed by atoms with E-state index in [1.54, 1.807) is 11.0 Å². The molecule has 0 unspecified atom stereocenters. The van der Waals surface area contributed by atoms with Crippen molar-refractivity contribution in [2.45, 2.75) is 65.0 Å². The van der Waals surface area contributed by atoms with E-state index in [1.165, 1.54) is 6.42 Å². The second-order valence-electron chi connectivity index (χ2n) is 8.38. The van der Waals surface area contributed by atoms with Crippen LogP contribution in [0.25, 0.3) is 0 Å². The summed E-state index contributed by atoms with van der Waals surface area (Å²) in [5.74, 6) is 0.840. The van der Waals surface area contributed by atoms with E-state index in [-0.39, 0.29) is 29.8 Å². The highest BCUT2D eigenvalue weighted by Gasteiger charge is 2.30. The SMILES string of the molecule is Cc1cc(CNC(=O)C2CCN(C(=O)O[C@@H]3CCC[C@H](C)C3)CC2)ccc1O. The van der Waals surface area contributed by atoms with Crippen LogP contribution < -0.4 is 5.32 Å². The van der Waals surface area contributed by atoms with Gasteiger partial charge in [0.15, 0.2) is 0 Å². The van der Waals surface area contributed by atoms with Crippen molar-refractivity contribution in [2.24, 2.45) is 11.8 Å². The van der Waals surface area contributed by atoms with E-state index in [0.29, 0.717) is 38.4 Å². The maximum absolute atomic E-state index is 12.5. The number of piperidine rings is 1. The van der Waals surface area contributed by atoms with Crippen molar-refractivity contribution >= 4 is 12.0 Å². The third kappa shape index (κ3) is 5.40. The highest BCUT2D eigenvalue weighted by molar-refractivity contribution is 5.79. The van der Waals surface area contributed by atoms with Gasteiger partial charge in [-0.25, -0.2) is 4.79 Å². The smallest absolute Gasteiger partial charge is 0.410 e. The average molecular weight is 389 g/mol. The molecule has 1 aliphatic heterocycles. The first kappa shape index (κ1) is 20.5. The van der Waals surface area contributed by atoms with Gasteiger partial charge in [-0.15, -0.1) is 0 Å². The standard InChI is InChI=1S/C22H32N2O4/c1-15-4-3-5-19(12-15)28-22(27)24-10-8-18(9-11-24)21(26)23-14-17-6-7-20(25)16(2)13-17/h6-7,13,15,18-19,25H,3-5,8-12,14H2,1-2H3,(H,23,26)/t15-,19+/m0/s1. The Balaban J connectivity index is 1.40. The molecule has 0 bridgehead atoms. The van der Waals surface area contributed by atoms with Crippen LogP contribution in [0.3, 0.4) is 0 Å². The first-order valence-electron chi connectivity index (χ1n) is 10.4. The van der Waals surface area contributed by atoms with Gasteiger partial charge in [0, 0.05) is 25.6 Å². The van der Waals surface area contributed by atoms with Gasteiger partial charge in [-0.2, -0.15) is 0 Å². The van der Waals surface area contributed by atoms with Crippen LogP contribution in [0.5, 0.6) is 5.75 Å². The molecule has 1 aliphatic carbocycles. The molecule has 2 amide bonds. The predicted octanol–water partition coefficient (Wildman–Crippen LogP) is 3.74. The second kappa shape index (κ2) is 9.30. The number of rotatable bonds is 4. The van der Waals surface area contributed by atoms with Crippen molar-refractivity contribution in [1.29, 1.82) is 0 Å². The number of phenols is 1. The number of aromatic hydroxyl groups is 1. The average Bonchev–Trinajstić information content (AvgIpc) is 2.69. The van der Waals surface area contributed by atoms with E-state index in [1.807, 2.05) is 19.1 Å². The summed E-state index contributed by atoms with van der Waals surface area (Å²) in [5.41, 5.74) is 1.76. The van der Waals surface area contributed by atoms with Crippen LogP contribution in [0, 0.1) is 18.8 Å². The van der Waals surface area contributed by atoms with Crippen LogP contribution in [0.4, 0.5) is 4.79 Å². The Bertz CT molecular complexity index is 698. The molecule has 6 nitrogen and oxygen atoms in total. The molecule has 1 heterocycles. The highest BCUT2D eigenvalue weighted by Crippen LogP contribution is 2.27. The maximum Gasteiger partial charge on any atom is 0.410 e. The molecule has 28 heavy (non-hydrogen) atoms. The number of nitrogens with zero attached hydrogens (tertiary/aromatic N) is 1. The van der Waals surface area contributed by atoms with Crippen molar-refractivity contribution in [3.63, 3.8) is 0 Å². The van der Waals surface area contributed by atoms with Gasteiger partial charge in [0.25, 0.3) is 0 Å². The Morgan fingerprint density at radius 3 is 2.64 bits per heavy atom. The molecule has 1 saturated carbocycles. The highest BCUT2D eigenvalue weighted by atomic mass is 16.6. The predicted molar refractivity (Wildman–Crippen MR) is 107 cm³/mol. The van der Waals surface area contributed by atoms with Crippen LogP contribution in [0.15, 0.2) is 18.2 Å². The minimum Gasteiger partial charge on any atom is -0.508 e. The van der Waals surface area contributed by atoms with Gasteiger partial charge in [-0.1, -0.05) is 25.5 Å². The van der Waals surface area contributed by atoms with Crippen LogP contribution in [0.1, 0.15) is 56.6 Å². The molecule has 2 fully saturated rings. The number of hydrogen-bond acceptors (Lipinski definition) is 4. The molecule has 6 heteroatoms. The summed E-state index contributed by atoms with van der Waals surface area (Å²) in [5, 5.41) is 12.6. The first-order chi connectivity index (χ1) is 13.4. The van der Waals surface area contributed by atoms with E-state index in [4.69, 9.17) is 4.74 Å². The summed E-state index contributed by atoms with van der Waals surface area (Å²) in [7, 11) is 0. The van der Waals surface area contributed by atoms with Gasteiger partial charge in [0.2, 0.25) is 5.91 Å². The molecule has 3 rings (SSSR count). The van der Waals surface area contributed by atoms with Crippen LogP contribution in [-0.4, -0.2) is 41.2 Å². The molecule has 1 aromatic carbocycles. The normalized spacial score (nSPS) is 23.3. The Hall–Kier alpha value is -2.24. The van der Waals surface area contributed by atoms with E-state index in [2.05, 4.69) is 12.2 Å². The van der Waals surface area contributed by atoms with Gasteiger partial charge in [0.1, 0.15) is 11.9 Å². The van der Waals surface area contributed by atoms with E-state index in [9.17, 15) is 14.7 Å². The number of likely N-dealkylation sites (tertiary alicyclic amines) is 1. The van der Waals surface area contributed by atoms with Gasteiger partial charge in [0.05, 0.1) is 0 Å². The fraction of sp³-hybridized carbons (Fsp3) is 0.636. The molecular formula is C22H32N2O4. The van der Waals surface area contributed by atoms with Crippen molar-refractivity contribution in [2.75, 3.05) is 13.1 Å². The Labute approximate surface area is 167 Å². The van der Waals surface area contributed by atoms with Crippen molar-refractivity contribution in [3.8, 4) is 5.75 Å². The van der Waals surface area contributed by atoms with Crippen LogP contribution in [0.2, 0.25) is 0 Å². The van der Waals surface area contributed by atoms with Crippen LogP contribution >= 0.6 is 0 Å². The first-order valence-corrected chi connectivity index (χ1v) is 10.4. The number of carbonyl (C=O) groups excluding carboxylic acids is 2. The molecule has 1 aromatic rings. The van der Waals surface area contributed by atoms with E-state index < -0.39 is 0 Å². The summed E-state index contributed by atoms with van der Waals surface area (Å²) in [6, 6.07) is 5.33. The fourth-order valence-corrected chi connectivity index (χ4v) is 4.19. The molecular weight excluding hydrogens is 356 g/mol. The topological polar surface area (TPSA) is 78.9 Å². The molecule has 1 saturated heterocycles. The number of benzene rings is 1. The maximum atomic E-state index is 12.5. The van der Waals surface area contributed by atoms with Gasteiger partial charge >= 0.3 is 6.09 Å². The number of carbonyl (C=O) groups is 2. The number of amides is 2. The third-order valence-corrected chi connectivity index (χ3v) is 6.01. The van der Waals surface area contributed by atoms with Crippen LogP contribution in [-0.2, 0) is 16.1 Å². The zero-order valence-corrected chi connectivity index (χ0v) is 16.9. The zero-order valence-electron chi connectivity index (χ0n) is 16.9. The van der Waals surface area contributed by atoms with E-state index >= 15 is 0 Å². The number of nitrogens with one attached hydrogen (secondary N) is 1. The summed E-state index contributed by atoms with van der Waals surface area (Å²) in [6.45, 7) is 5.63.